The highest BCUT2D eigenvalue weighted by Gasteiger charge is 2.17. The van der Waals surface area contributed by atoms with Crippen LogP contribution in [-0.4, -0.2) is 37.2 Å². The molecule has 1 aromatic rings. The van der Waals surface area contributed by atoms with E-state index in [1.54, 1.807) is 25.2 Å². The Balaban J connectivity index is 2.83. The SMILES string of the molecule is CN[C@@H](Cc1cccc(C(=O)O)c1)C(=O)OC. The Morgan fingerprint density at radius 1 is 1.47 bits per heavy atom. The van der Waals surface area contributed by atoms with Gasteiger partial charge in [0.1, 0.15) is 6.04 Å². The second kappa shape index (κ2) is 6.00. The lowest BCUT2D eigenvalue weighted by molar-refractivity contribution is -0.142. The molecule has 5 heteroatoms. The quantitative estimate of drug-likeness (QED) is 0.737. The number of rotatable bonds is 5. The predicted molar refractivity (Wildman–Crippen MR) is 62.0 cm³/mol. The molecule has 0 aliphatic carbocycles. The Labute approximate surface area is 99.4 Å². The zero-order valence-electron chi connectivity index (χ0n) is 9.77. The molecule has 92 valence electrons. The molecule has 0 aromatic heterocycles. The van der Waals surface area contributed by atoms with E-state index in [1.807, 2.05) is 0 Å². The van der Waals surface area contributed by atoms with Crippen molar-refractivity contribution in [1.82, 2.24) is 5.32 Å². The first kappa shape index (κ1) is 13.2. The van der Waals surface area contributed by atoms with E-state index < -0.39 is 12.0 Å². The van der Waals surface area contributed by atoms with E-state index >= 15 is 0 Å². The van der Waals surface area contributed by atoms with Gasteiger partial charge in [0.05, 0.1) is 12.7 Å². The maximum Gasteiger partial charge on any atom is 0.335 e. The number of benzene rings is 1. The van der Waals surface area contributed by atoms with Gasteiger partial charge in [0.15, 0.2) is 0 Å². The van der Waals surface area contributed by atoms with Crippen molar-refractivity contribution in [3.63, 3.8) is 0 Å². The number of likely N-dealkylation sites (N-methyl/N-ethyl adjacent to an activating group) is 1. The number of esters is 1. The molecule has 0 spiro atoms. The molecule has 1 atom stereocenters. The van der Waals surface area contributed by atoms with Gasteiger partial charge in [0.2, 0.25) is 0 Å². The largest absolute Gasteiger partial charge is 0.478 e. The number of ether oxygens (including phenoxy) is 1. The van der Waals surface area contributed by atoms with Crippen molar-refractivity contribution in [1.29, 1.82) is 0 Å². The Hall–Kier alpha value is -1.88. The van der Waals surface area contributed by atoms with E-state index in [2.05, 4.69) is 10.1 Å². The lowest BCUT2D eigenvalue weighted by Gasteiger charge is -2.13. The molecule has 0 aliphatic rings. The maximum atomic E-state index is 11.4. The standard InChI is InChI=1S/C12H15NO4/c1-13-10(12(16)17-2)7-8-4-3-5-9(6-8)11(14)15/h3-6,10,13H,7H2,1-2H3,(H,14,15)/t10-/m0/s1. The fourth-order valence-electron chi connectivity index (χ4n) is 1.51. The van der Waals surface area contributed by atoms with Gasteiger partial charge in [-0.3, -0.25) is 4.79 Å². The summed E-state index contributed by atoms with van der Waals surface area (Å²) in [6.45, 7) is 0. The van der Waals surface area contributed by atoms with Crippen LogP contribution in [0.5, 0.6) is 0 Å². The number of hydrogen-bond donors (Lipinski definition) is 2. The average molecular weight is 237 g/mol. The molecule has 0 amide bonds. The van der Waals surface area contributed by atoms with E-state index in [-0.39, 0.29) is 11.5 Å². The van der Waals surface area contributed by atoms with Crippen molar-refractivity contribution in [2.45, 2.75) is 12.5 Å². The second-order valence-corrected chi connectivity index (χ2v) is 3.57. The van der Waals surface area contributed by atoms with Crippen LogP contribution in [0.1, 0.15) is 15.9 Å². The number of carbonyl (C=O) groups excluding carboxylic acids is 1. The van der Waals surface area contributed by atoms with Crippen molar-refractivity contribution in [3.05, 3.63) is 35.4 Å². The van der Waals surface area contributed by atoms with E-state index in [9.17, 15) is 9.59 Å². The Bertz CT molecular complexity index is 417. The number of methoxy groups -OCH3 is 1. The van der Waals surface area contributed by atoms with Crippen molar-refractivity contribution in [3.8, 4) is 0 Å². The third-order valence-electron chi connectivity index (χ3n) is 2.45. The summed E-state index contributed by atoms with van der Waals surface area (Å²) in [7, 11) is 2.98. The zero-order valence-corrected chi connectivity index (χ0v) is 9.77. The van der Waals surface area contributed by atoms with Crippen LogP contribution in [0.4, 0.5) is 0 Å². The molecule has 17 heavy (non-hydrogen) atoms. The molecule has 0 fully saturated rings. The molecule has 0 unspecified atom stereocenters. The van der Waals surface area contributed by atoms with Gasteiger partial charge in [-0.15, -0.1) is 0 Å². The first-order valence-electron chi connectivity index (χ1n) is 5.15. The molecule has 0 radical (unpaired) electrons. The third-order valence-corrected chi connectivity index (χ3v) is 2.45. The summed E-state index contributed by atoms with van der Waals surface area (Å²) in [5, 5.41) is 11.7. The summed E-state index contributed by atoms with van der Waals surface area (Å²) in [6.07, 6.45) is 0.393. The van der Waals surface area contributed by atoms with Gasteiger partial charge in [-0.25, -0.2) is 4.79 Å². The summed E-state index contributed by atoms with van der Waals surface area (Å²) in [6, 6.07) is 6.03. The van der Waals surface area contributed by atoms with Crippen LogP contribution in [0.3, 0.4) is 0 Å². The van der Waals surface area contributed by atoms with Gasteiger partial charge in [-0.05, 0) is 31.2 Å². The van der Waals surface area contributed by atoms with Crippen LogP contribution >= 0.6 is 0 Å². The molecule has 0 aliphatic heterocycles. The monoisotopic (exact) mass is 237 g/mol. The minimum atomic E-state index is -0.981. The number of hydrogen-bond acceptors (Lipinski definition) is 4. The lowest BCUT2D eigenvalue weighted by Crippen LogP contribution is -2.36. The first-order valence-corrected chi connectivity index (χ1v) is 5.15. The van der Waals surface area contributed by atoms with Crippen LogP contribution in [0, 0.1) is 0 Å². The topological polar surface area (TPSA) is 75.6 Å². The minimum Gasteiger partial charge on any atom is -0.478 e. The van der Waals surface area contributed by atoms with Crippen LogP contribution in [-0.2, 0) is 16.0 Å². The fourth-order valence-corrected chi connectivity index (χ4v) is 1.51. The van der Waals surface area contributed by atoms with Crippen LogP contribution < -0.4 is 5.32 Å². The number of nitrogens with one attached hydrogen (secondary N) is 1. The summed E-state index contributed by atoms with van der Waals surface area (Å²) in [4.78, 5) is 22.2. The zero-order chi connectivity index (χ0) is 12.8. The van der Waals surface area contributed by atoms with Gasteiger partial charge in [-0.2, -0.15) is 0 Å². The third kappa shape index (κ3) is 3.57. The summed E-state index contributed by atoms with van der Waals surface area (Å²) < 4.78 is 4.64. The van der Waals surface area contributed by atoms with Gasteiger partial charge in [-0.1, -0.05) is 12.1 Å². The molecule has 5 nitrogen and oxygen atoms in total. The van der Waals surface area contributed by atoms with E-state index in [0.717, 1.165) is 5.56 Å². The Morgan fingerprint density at radius 3 is 2.71 bits per heavy atom. The Kier molecular flexibility index (Phi) is 4.66. The predicted octanol–water partition coefficient (Wildman–Crippen LogP) is 0.688. The van der Waals surface area contributed by atoms with E-state index in [1.165, 1.54) is 13.2 Å². The highest BCUT2D eigenvalue weighted by molar-refractivity contribution is 5.87. The van der Waals surface area contributed by atoms with Crippen LogP contribution in [0.15, 0.2) is 24.3 Å². The van der Waals surface area contributed by atoms with Crippen molar-refractivity contribution < 1.29 is 19.4 Å². The summed E-state index contributed by atoms with van der Waals surface area (Å²) in [5.41, 5.74) is 0.983. The lowest BCUT2D eigenvalue weighted by atomic mass is 10.0. The summed E-state index contributed by atoms with van der Waals surface area (Å²) in [5.74, 6) is -1.35. The maximum absolute atomic E-state index is 11.4. The Morgan fingerprint density at radius 2 is 2.18 bits per heavy atom. The highest BCUT2D eigenvalue weighted by atomic mass is 16.5. The smallest absolute Gasteiger partial charge is 0.335 e. The number of carbonyl (C=O) groups is 2. The highest BCUT2D eigenvalue weighted by Crippen LogP contribution is 2.08. The van der Waals surface area contributed by atoms with Crippen molar-refractivity contribution in [2.75, 3.05) is 14.2 Å². The van der Waals surface area contributed by atoms with E-state index in [0.29, 0.717) is 6.42 Å². The number of carboxylic acids is 1. The van der Waals surface area contributed by atoms with Crippen molar-refractivity contribution in [2.24, 2.45) is 0 Å². The minimum absolute atomic E-state index is 0.210. The molecule has 0 bridgehead atoms. The van der Waals surface area contributed by atoms with Gasteiger partial charge in [0.25, 0.3) is 0 Å². The van der Waals surface area contributed by atoms with Crippen molar-refractivity contribution >= 4 is 11.9 Å². The number of carboxylic acid groups (broad SMARTS) is 1. The van der Waals surface area contributed by atoms with Crippen LogP contribution in [0.2, 0.25) is 0 Å². The first-order chi connectivity index (χ1) is 8.08. The fraction of sp³-hybridized carbons (Fsp3) is 0.333. The molecular formula is C12H15NO4. The van der Waals surface area contributed by atoms with E-state index in [4.69, 9.17) is 5.11 Å². The van der Waals surface area contributed by atoms with Gasteiger partial charge >= 0.3 is 11.9 Å². The van der Waals surface area contributed by atoms with Crippen LogP contribution in [0.25, 0.3) is 0 Å². The summed E-state index contributed by atoms with van der Waals surface area (Å²) >= 11 is 0. The molecular weight excluding hydrogens is 222 g/mol. The normalized spacial score (nSPS) is 11.9. The second-order valence-electron chi connectivity index (χ2n) is 3.57. The average Bonchev–Trinajstić information content (AvgIpc) is 2.35. The molecule has 1 rings (SSSR count). The van der Waals surface area contributed by atoms with Gasteiger partial charge in [0, 0.05) is 0 Å². The molecule has 0 saturated carbocycles. The molecule has 1 aromatic carbocycles. The van der Waals surface area contributed by atoms with Gasteiger partial charge < -0.3 is 15.2 Å². The molecule has 0 saturated heterocycles. The molecule has 2 N–H and O–H groups in total. The number of aromatic carboxylic acids is 1. The molecule has 0 heterocycles.